The first-order valence-corrected chi connectivity index (χ1v) is 23.6. The van der Waals surface area contributed by atoms with Crippen molar-refractivity contribution in [1.29, 1.82) is 0 Å². The molecule has 2 heterocycles. The number of fused-ring (bicyclic) bond motifs is 6. The molecule has 2 nitrogen and oxygen atoms in total. The Morgan fingerprint density at radius 2 is 0.635 bits per heavy atom. The summed E-state index contributed by atoms with van der Waals surface area (Å²) in [6.45, 7) is 5.02. The van der Waals surface area contributed by atoms with Gasteiger partial charge in [-0.05, 0) is 83.6 Å². The fraction of sp³-hybridized carbons (Fsp3) is 0.0877. The van der Waals surface area contributed by atoms with Crippen LogP contribution in [0.2, 0.25) is 0 Å². The van der Waals surface area contributed by atoms with Gasteiger partial charge in [-0.15, -0.1) is 23.3 Å². The summed E-state index contributed by atoms with van der Waals surface area (Å²) in [5.41, 5.74) is 6.40. The molecule has 0 aliphatic carbocycles. The SMILES string of the molecule is CC(C)([PH+](c1ccccc1)c1ccccc1)[PH+](c1ccccc1)c1ccccc1.[Au+].[Au+].[C-]#Cc1cccc2c1c1ccccc1n2C.[C-]#Cc1cccc2c1c1ccccc1n2C. The van der Waals surface area contributed by atoms with Crippen molar-refractivity contribution in [3.8, 4) is 11.8 Å². The normalized spacial score (nSPS) is 10.9. The van der Waals surface area contributed by atoms with Crippen molar-refractivity contribution < 1.29 is 44.8 Å². The van der Waals surface area contributed by atoms with Crippen LogP contribution in [0.4, 0.5) is 0 Å². The van der Waals surface area contributed by atoms with Gasteiger partial charge in [0.05, 0.1) is 0 Å². The van der Waals surface area contributed by atoms with Gasteiger partial charge in [-0.25, -0.2) is 0 Å². The first kappa shape index (κ1) is 47.3. The van der Waals surface area contributed by atoms with E-state index in [-0.39, 0.29) is 49.7 Å². The van der Waals surface area contributed by atoms with Crippen molar-refractivity contribution in [2.24, 2.45) is 14.1 Å². The summed E-state index contributed by atoms with van der Waals surface area (Å²) in [4.78, 5) is 0.154. The Bertz CT molecular complexity index is 2870. The van der Waals surface area contributed by atoms with E-state index in [9.17, 15) is 0 Å². The van der Waals surface area contributed by atoms with Crippen molar-refractivity contribution in [1.82, 2.24) is 9.13 Å². The maximum atomic E-state index is 7.35. The largest absolute Gasteiger partial charge is 1.00 e. The van der Waals surface area contributed by atoms with Crippen LogP contribution in [0.5, 0.6) is 0 Å². The van der Waals surface area contributed by atoms with E-state index in [4.69, 9.17) is 12.8 Å². The van der Waals surface area contributed by atoms with Gasteiger partial charge in [0.1, 0.15) is 37.1 Å². The van der Waals surface area contributed by atoms with E-state index < -0.39 is 15.8 Å². The minimum absolute atomic E-state index is 0. The average Bonchev–Trinajstić information content (AvgIpc) is 3.78. The molecule has 2 aromatic heterocycles. The summed E-state index contributed by atoms with van der Waals surface area (Å²) in [6.07, 6.45) is 14.7. The zero-order chi connectivity index (χ0) is 42.3. The molecule has 0 aliphatic rings. The molecule has 10 aromatic rings. The fourth-order valence-electron chi connectivity index (χ4n) is 8.95. The molecule has 6 heteroatoms. The van der Waals surface area contributed by atoms with Gasteiger partial charge in [0.25, 0.3) is 0 Å². The van der Waals surface area contributed by atoms with Gasteiger partial charge in [-0.1, -0.05) is 132 Å². The van der Waals surface area contributed by atoms with Crippen LogP contribution in [0.1, 0.15) is 25.0 Å². The molecule has 8 aromatic carbocycles. The molecule has 0 bridgehead atoms. The summed E-state index contributed by atoms with van der Waals surface area (Å²) in [5.74, 6) is 5.02. The van der Waals surface area contributed by atoms with Crippen LogP contribution in [-0.2, 0) is 58.9 Å². The minimum Gasteiger partial charge on any atom is -0.366 e. The molecule has 0 saturated carbocycles. The smallest absolute Gasteiger partial charge is 0.366 e. The monoisotopic (exact) mass is 1220 g/mol. The molecule has 0 amide bonds. The molecule has 0 aliphatic heterocycles. The second-order valence-electron chi connectivity index (χ2n) is 15.6. The van der Waals surface area contributed by atoms with Gasteiger partial charge in [-0.2, -0.15) is 0 Å². The van der Waals surface area contributed by atoms with E-state index in [1.54, 1.807) is 0 Å². The number of hydrogen-bond donors (Lipinski definition) is 0. The van der Waals surface area contributed by atoms with E-state index in [2.05, 4.69) is 207 Å². The minimum atomic E-state index is -1.02. The molecule has 0 radical (unpaired) electrons. The van der Waals surface area contributed by atoms with Crippen molar-refractivity contribution in [3.05, 3.63) is 230 Å². The molecule has 10 rings (SSSR count). The zero-order valence-corrected chi connectivity index (χ0v) is 42.0. The van der Waals surface area contributed by atoms with Crippen LogP contribution in [0.15, 0.2) is 206 Å². The number of aromatic nitrogens is 2. The van der Waals surface area contributed by atoms with Crippen LogP contribution < -0.4 is 21.2 Å². The third-order valence-electron chi connectivity index (χ3n) is 11.6. The standard InChI is InChI=1S/C27H26P2.2C15H10N.2Au/c1-27(2,28(23-15-7-3-8-16-23)24-17-9-4-10-18-24)29(25-19-11-5-12-20-25)26-21-13-6-14-22-26;2*1-3-11-7-6-10-14-15(11)12-8-4-5-9-13(12)16(14)2;;/h3-22H,1-2H3;2*4-10H,2H3;;/q;2*-1;2*+1/p+2. The van der Waals surface area contributed by atoms with Gasteiger partial charge in [0, 0.05) is 50.0 Å². The number of nitrogens with zero attached hydrogens (tertiary/aromatic N) is 2. The van der Waals surface area contributed by atoms with E-state index in [1.807, 2.05) is 48.5 Å². The van der Waals surface area contributed by atoms with Gasteiger partial charge >= 0.3 is 44.8 Å². The van der Waals surface area contributed by atoms with Crippen molar-refractivity contribution >= 4 is 80.7 Å². The Kier molecular flexibility index (Phi) is 16.1. The summed E-state index contributed by atoms with van der Waals surface area (Å²) < 4.78 is 4.32. The molecule has 0 unspecified atom stereocenters. The summed E-state index contributed by atoms with van der Waals surface area (Å²) in [7, 11) is 2.06. The third-order valence-corrected chi connectivity index (χ3v) is 19.3. The number of benzene rings is 8. The Hall–Kier alpha value is -5.18. The number of rotatable bonds is 6. The van der Waals surface area contributed by atoms with Crippen LogP contribution >= 0.6 is 15.8 Å². The number of para-hydroxylation sites is 2. The van der Waals surface area contributed by atoms with E-state index in [0.717, 1.165) is 32.9 Å². The zero-order valence-electron chi connectivity index (χ0n) is 35.6. The maximum Gasteiger partial charge on any atom is 1.00 e. The predicted octanol–water partition coefficient (Wildman–Crippen LogP) is 12.0. The molecule has 0 N–H and O–H groups in total. The van der Waals surface area contributed by atoms with Crippen molar-refractivity contribution in [2.45, 2.75) is 18.7 Å². The van der Waals surface area contributed by atoms with Crippen LogP contribution in [0.3, 0.4) is 0 Å². The molecular formula is C57H48Au2N2P2+2. The molecule has 0 saturated heterocycles. The van der Waals surface area contributed by atoms with Crippen LogP contribution in [0.25, 0.3) is 43.6 Å². The second-order valence-corrected chi connectivity index (χ2v) is 22.5. The van der Waals surface area contributed by atoms with Gasteiger partial charge in [0.15, 0.2) is 4.90 Å². The third kappa shape index (κ3) is 9.68. The van der Waals surface area contributed by atoms with E-state index >= 15 is 0 Å². The first-order chi connectivity index (χ1) is 29.8. The number of hydrogen-bond acceptors (Lipinski definition) is 0. The van der Waals surface area contributed by atoms with E-state index in [0.29, 0.717) is 0 Å². The topological polar surface area (TPSA) is 9.86 Å². The fourth-order valence-corrected chi connectivity index (χ4v) is 17.3. The van der Waals surface area contributed by atoms with Crippen LogP contribution in [-0.4, -0.2) is 14.0 Å². The Labute approximate surface area is 406 Å². The van der Waals surface area contributed by atoms with Gasteiger partial charge in [-0.3, -0.25) is 11.8 Å². The van der Waals surface area contributed by atoms with Gasteiger partial charge in [0.2, 0.25) is 0 Å². The van der Waals surface area contributed by atoms with E-state index in [1.165, 1.54) is 43.0 Å². The molecule has 0 atom stereocenters. The quantitative estimate of drug-likeness (QED) is 0.0680. The molecule has 63 heavy (non-hydrogen) atoms. The predicted molar refractivity (Wildman–Crippen MR) is 268 cm³/mol. The molecular weight excluding hydrogens is 1170 g/mol. The average molecular weight is 1220 g/mol. The van der Waals surface area contributed by atoms with Gasteiger partial charge < -0.3 is 22.0 Å². The summed E-state index contributed by atoms with van der Waals surface area (Å²) in [5, 5.41) is 10.6. The first-order valence-electron chi connectivity index (χ1n) is 20.6. The van der Waals surface area contributed by atoms with Crippen molar-refractivity contribution in [2.75, 3.05) is 0 Å². The maximum absolute atomic E-state index is 7.35. The Balaban J connectivity index is 0.000000166. The molecule has 0 spiro atoms. The number of aryl methyl sites for hydroxylation is 2. The molecule has 316 valence electrons. The Morgan fingerprint density at radius 1 is 0.365 bits per heavy atom. The molecule has 0 fully saturated rings. The second kappa shape index (κ2) is 21.5. The van der Waals surface area contributed by atoms with Crippen molar-refractivity contribution in [3.63, 3.8) is 0 Å². The summed E-state index contributed by atoms with van der Waals surface area (Å²) >= 11 is 0. The van der Waals surface area contributed by atoms with Crippen LogP contribution in [0, 0.1) is 24.7 Å². The Morgan fingerprint density at radius 3 is 0.937 bits per heavy atom. The summed E-state index contributed by atoms with van der Waals surface area (Å²) in [6, 6.07) is 73.2.